The molecule has 1 amide bonds. The Hall–Kier alpha value is -2.18. The summed E-state index contributed by atoms with van der Waals surface area (Å²) in [4.78, 5) is 12.2. The predicted octanol–water partition coefficient (Wildman–Crippen LogP) is 2.54. The van der Waals surface area contributed by atoms with Crippen LogP contribution in [-0.4, -0.2) is 21.4 Å². The zero-order valence-electron chi connectivity index (χ0n) is 14.6. The van der Waals surface area contributed by atoms with Crippen LogP contribution in [0.3, 0.4) is 0 Å². The van der Waals surface area contributed by atoms with Crippen LogP contribution < -0.4 is 10.0 Å². The van der Waals surface area contributed by atoms with Crippen molar-refractivity contribution in [3.8, 4) is 0 Å². The number of carbonyl (C=O) groups is 1. The van der Waals surface area contributed by atoms with Gasteiger partial charge in [-0.2, -0.15) is 0 Å². The monoisotopic (exact) mass is 360 g/mol. The van der Waals surface area contributed by atoms with Gasteiger partial charge in [0.15, 0.2) is 0 Å². The molecular formula is C19H24N2O3S. The first-order valence-electron chi connectivity index (χ1n) is 8.25. The average Bonchev–Trinajstić information content (AvgIpc) is 2.62. The fourth-order valence-corrected chi connectivity index (χ4v) is 3.24. The van der Waals surface area contributed by atoms with Crippen molar-refractivity contribution in [1.29, 1.82) is 0 Å². The van der Waals surface area contributed by atoms with Gasteiger partial charge in [-0.25, -0.2) is 13.1 Å². The molecule has 5 nitrogen and oxygen atoms in total. The molecule has 2 aromatic rings. The van der Waals surface area contributed by atoms with Crippen LogP contribution in [0.25, 0.3) is 0 Å². The summed E-state index contributed by atoms with van der Waals surface area (Å²) >= 11 is 0. The van der Waals surface area contributed by atoms with Gasteiger partial charge in [0.1, 0.15) is 0 Å². The van der Waals surface area contributed by atoms with Crippen molar-refractivity contribution in [3.63, 3.8) is 0 Å². The number of sulfonamides is 1. The summed E-state index contributed by atoms with van der Waals surface area (Å²) in [5, 5.41) is 2.84. The molecule has 0 bridgehead atoms. The SMILES string of the molecule is CNS(=O)(=O)c1cccc(CNC(=O)CCCc2ccc(C)cc2)c1. The fraction of sp³-hybridized carbons (Fsp3) is 0.316. The summed E-state index contributed by atoms with van der Waals surface area (Å²) in [6, 6.07) is 14.9. The molecule has 0 heterocycles. The second kappa shape index (κ2) is 8.78. The number of aryl methyl sites for hydroxylation is 2. The summed E-state index contributed by atoms with van der Waals surface area (Å²) in [6.07, 6.45) is 2.09. The third-order valence-electron chi connectivity index (χ3n) is 3.96. The molecule has 2 N–H and O–H groups in total. The van der Waals surface area contributed by atoms with Crippen LogP contribution in [0.1, 0.15) is 29.5 Å². The van der Waals surface area contributed by atoms with Crippen molar-refractivity contribution in [3.05, 3.63) is 65.2 Å². The number of rotatable bonds is 8. The van der Waals surface area contributed by atoms with Gasteiger partial charge in [0.25, 0.3) is 0 Å². The first kappa shape index (κ1) is 19.1. The van der Waals surface area contributed by atoms with Gasteiger partial charge < -0.3 is 5.32 Å². The van der Waals surface area contributed by atoms with Gasteiger partial charge in [-0.3, -0.25) is 4.79 Å². The van der Waals surface area contributed by atoms with Crippen LogP contribution in [0.4, 0.5) is 0 Å². The standard InChI is InChI=1S/C19H24N2O3S/c1-15-9-11-16(12-10-15)5-4-8-19(22)21-14-17-6-3-7-18(13-17)25(23,24)20-2/h3,6-7,9-13,20H,4-5,8,14H2,1-2H3,(H,21,22). The summed E-state index contributed by atoms with van der Waals surface area (Å²) < 4.78 is 25.9. The Morgan fingerprint density at radius 1 is 1.04 bits per heavy atom. The lowest BCUT2D eigenvalue weighted by Gasteiger charge is -2.08. The molecule has 0 unspecified atom stereocenters. The zero-order valence-corrected chi connectivity index (χ0v) is 15.4. The van der Waals surface area contributed by atoms with E-state index < -0.39 is 10.0 Å². The average molecular weight is 360 g/mol. The molecule has 0 spiro atoms. The Balaban J connectivity index is 1.80. The van der Waals surface area contributed by atoms with Crippen molar-refractivity contribution < 1.29 is 13.2 Å². The van der Waals surface area contributed by atoms with Crippen LogP contribution in [0.15, 0.2) is 53.4 Å². The van der Waals surface area contributed by atoms with E-state index in [2.05, 4.69) is 34.3 Å². The zero-order chi connectivity index (χ0) is 18.3. The highest BCUT2D eigenvalue weighted by atomic mass is 32.2. The molecule has 0 atom stereocenters. The smallest absolute Gasteiger partial charge is 0.240 e. The topological polar surface area (TPSA) is 75.3 Å². The number of amides is 1. The Kier molecular flexibility index (Phi) is 6.73. The highest BCUT2D eigenvalue weighted by molar-refractivity contribution is 7.89. The second-order valence-electron chi connectivity index (χ2n) is 5.97. The van der Waals surface area contributed by atoms with E-state index in [0.717, 1.165) is 18.4 Å². The van der Waals surface area contributed by atoms with Crippen LogP contribution in [-0.2, 0) is 27.8 Å². The first-order valence-corrected chi connectivity index (χ1v) is 9.74. The lowest BCUT2D eigenvalue weighted by molar-refractivity contribution is -0.121. The minimum atomic E-state index is -3.47. The Morgan fingerprint density at radius 3 is 2.44 bits per heavy atom. The highest BCUT2D eigenvalue weighted by Crippen LogP contribution is 2.11. The van der Waals surface area contributed by atoms with Gasteiger partial charge in [-0.05, 0) is 50.1 Å². The van der Waals surface area contributed by atoms with Crippen LogP contribution in [0.5, 0.6) is 0 Å². The molecule has 134 valence electrons. The molecular weight excluding hydrogens is 336 g/mol. The molecule has 2 rings (SSSR count). The van der Waals surface area contributed by atoms with Crippen molar-refractivity contribution in [2.24, 2.45) is 0 Å². The number of hydrogen-bond acceptors (Lipinski definition) is 3. The molecule has 0 aliphatic rings. The van der Waals surface area contributed by atoms with E-state index in [1.165, 1.54) is 24.2 Å². The molecule has 0 aliphatic carbocycles. The second-order valence-corrected chi connectivity index (χ2v) is 7.86. The van der Waals surface area contributed by atoms with Gasteiger partial charge in [-0.15, -0.1) is 0 Å². The highest BCUT2D eigenvalue weighted by Gasteiger charge is 2.11. The Bertz CT molecular complexity index is 815. The molecule has 0 radical (unpaired) electrons. The maximum atomic E-state index is 12.0. The van der Waals surface area contributed by atoms with Crippen molar-refractivity contribution in [2.75, 3.05) is 7.05 Å². The first-order chi connectivity index (χ1) is 11.9. The Labute approximate surface area is 149 Å². The minimum absolute atomic E-state index is 0.0333. The fourth-order valence-electron chi connectivity index (χ4n) is 2.44. The largest absolute Gasteiger partial charge is 0.352 e. The van der Waals surface area contributed by atoms with Crippen LogP contribution >= 0.6 is 0 Å². The molecule has 0 aliphatic heterocycles. The van der Waals surface area contributed by atoms with Crippen molar-refractivity contribution >= 4 is 15.9 Å². The van der Waals surface area contributed by atoms with Crippen molar-refractivity contribution in [2.45, 2.75) is 37.6 Å². The van der Waals surface area contributed by atoms with E-state index in [0.29, 0.717) is 13.0 Å². The number of hydrogen-bond donors (Lipinski definition) is 2. The lowest BCUT2D eigenvalue weighted by Crippen LogP contribution is -2.23. The maximum Gasteiger partial charge on any atom is 0.240 e. The molecule has 6 heteroatoms. The minimum Gasteiger partial charge on any atom is -0.352 e. The third-order valence-corrected chi connectivity index (χ3v) is 5.37. The van der Waals surface area contributed by atoms with E-state index in [-0.39, 0.29) is 10.8 Å². The molecule has 0 aromatic heterocycles. The van der Waals surface area contributed by atoms with Gasteiger partial charge in [0, 0.05) is 13.0 Å². The third kappa shape index (κ3) is 5.99. The number of carbonyl (C=O) groups excluding carboxylic acids is 1. The number of benzene rings is 2. The van der Waals surface area contributed by atoms with E-state index in [9.17, 15) is 13.2 Å². The molecule has 0 saturated carbocycles. The quantitative estimate of drug-likeness (QED) is 0.760. The van der Waals surface area contributed by atoms with Gasteiger partial charge in [0.2, 0.25) is 15.9 Å². The predicted molar refractivity (Wildman–Crippen MR) is 98.7 cm³/mol. The van der Waals surface area contributed by atoms with E-state index in [1.807, 2.05) is 6.92 Å². The van der Waals surface area contributed by atoms with Crippen LogP contribution in [0, 0.1) is 6.92 Å². The number of nitrogens with one attached hydrogen (secondary N) is 2. The summed E-state index contributed by atoms with van der Waals surface area (Å²) in [7, 11) is -2.10. The molecule has 0 fully saturated rings. The maximum absolute atomic E-state index is 12.0. The molecule has 2 aromatic carbocycles. The van der Waals surface area contributed by atoms with E-state index in [4.69, 9.17) is 0 Å². The van der Waals surface area contributed by atoms with Gasteiger partial charge in [0.05, 0.1) is 4.90 Å². The summed E-state index contributed by atoms with van der Waals surface area (Å²) in [5.74, 6) is -0.0333. The van der Waals surface area contributed by atoms with Crippen LogP contribution in [0.2, 0.25) is 0 Å². The van der Waals surface area contributed by atoms with Crippen molar-refractivity contribution in [1.82, 2.24) is 10.0 Å². The Morgan fingerprint density at radius 2 is 1.76 bits per heavy atom. The van der Waals surface area contributed by atoms with Gasteiger partial charge in [-0.1, -0.05) is 42.0 Å². The molecule has 25 heavy (non-hydrogen) atoms. The van der Waals surface area contributed by atoms with E-state index in [1.54, 1.807) is 18.2 Å². The summed E-state index contributed by atoms with van der Waals surface area (Å²) in [6.45, 7) is 2.37. The van der Waals surface area contributed by atoms with E-state index >= 15 is 0 Å². The normalized spacial score (nSPS) is 11.3. The lowest BCUT2D eigenvalue weighted by atomic mass is 10.1. The van der Waals surface area contributed by atoms with Gasteiger partial charge >= 0.3 is 0 Å². The summed E-state index contributed by atoms with van der Waals surface area (Å²) in [5.41, 5.74) is 3.20. The molecule has 0 saturated heterocycles.